The van der Waals surface area contributed by atoms with Crippen molar-refractivity contribution < 1.29 is 9.59 Å². The van der Waals surface area contributed by atoms with Crippen molar-refractivity contribution in [1.29, 1.82) is 0 Å². The Hall–Kier alpha value is -1.06. The summed E-state index contributed by atoms with van der Waals surface area (Å²) >= 11 is 0. The number of amides is 2. The van der Waals surface area contributed by atoms with Crippen molar-refractivity contribution in [2.75, 3.05) is 0 Å². The Kier molecular flexibility index (Phi) is 4.23. The van der Waals surface area contributed by atoms with Crippen LogP contribution in [0.3, 0.4) is 0 Å². The van der Waals surface area contributed by atoms with E-state index < -0.39 is 5.54 Å². The zero-order valence-electron chi connectivity index (χ0n) is 13.1. The second kappa shape index (κ2) is 5.98. The van der Waals surface area contributed by atoms with Gasteiger partial charge in [-0.25, -0.2) is 0 Å². The maximum atomic E-state index is 12.5. The molecule has 21 heavy (non-hydrogen) atoms. The van der Waals surface area contributed by atoms with Crippen LogP contribution in [0, 0.1) is 11.8 Å². The Morgan fingerprint density at radius 2 is 1.86 bits per heavy atom. The Morgan fingerprint density at radius 1 is 1.10 bits per heavy atom. The molecule has 1 spiro atoms. The van der Waals surface area contributed by atoms with E-state index in [1.54, 1.807) is 0 Å². The molecule has 3 rings (SSSR count). The number of hydrogen-bond donors (Lipinski definition) is 2. The van der Waals surface area contributed by atoms with Gasteiger partial charge in [0.15, 0.2) is 0 Å². The molecule has 2 saturated carbocycles. The number of hydrogen-bond acceptors (Lipinski definition) is 2. The second-order valence-corrected chi connectivity index (χ2v) is 7.53. The van der Waals surface area contributed by atoms with Crippen molar-refractivity contribution >= 4 is 11.8 Å². The van der Waals surface area contributed by atoms with E-state index in [2.05, 4.69) is 17.6 Å². The fourth-order valence-corrected chi connectivity index (χ4v) is 4.52. The Morgan fingerprint density at radius 3 is 2.57 bits per heavy atom. The molecule has 4 heteroatoms. The van der Waals surface area contributed by atoms with Gasteiger partial charge in [0.1, 0.15) is 11.6 Å². The first-order valence-corrected chi connectivity index (χ1v) is 8.72. The molecular weight excluding hydrogens is 264 g/mol. The van der Waals surface area contributed by atoms with Gasteiger partial charge in [-0.15, -0.1) is 0 Å². The molecule has 2 amide bonds. The summed E-state index contributed by atoms with van der Waals surface area (Å²) in [5, 5.41) is 6.12. The van der Waals surface area contributed by atoms with Gasteiger partial charge in [0, 0.05) is 0 Å². The SMILES string of the molecule is CC1CCCC(CC2NC(=O)C3(CCCCC3)NC2=O)C1. The molecule has 3 aliphatic rings. The third-order valence-electron chi connectivity index (χ3n) is 5.74. The first-order chi connectivity index (χ1) is 10.1. The van der Waals surface area contributed by atoms with Crippen LogP contribution >= 0.6 is 0 Å². The smallest absolute Gasteiger partial charge is 0.246 e. The molecule has 3 unspecified atom stereocenters. The van der Waals surface area contributed by atoms with E-state index in [0.29, 0.717) is 5.92 Å². The maximum absolute atomic E-state index is 12.5. The van der Waals surface area contributed by atoms with E-state index in [1.165, 1.54) is 32.1 Å². The highest BCUT2D eigenvalue weighted by Gasteiger charge is 2.47. The van der Waals surface area contributed by atoms with Gasteiger partial charge in [-0.2, -0.15) is 0 Å². The van der Waals surface area contributed by atoms with Crippen molar-refractivity contribution in [2.45, 2.75) is 82.7 Å². The lowest BCUT2D eigenvalue weighted by molar-refractivity contribution is -0.143. The zero-order chi connectivity index (χ0) is 14.9. The van der Waals surface area contributed by atoms with E-state index >= 15 is 0 Å². The second-order valence-electron chi connectivity index (χ2n) is 7.53. The summed E-state index contributed by atoms with van der Waals surface area (Å²) < 4.78 is 0. The highest BCUT2D eigenvalue weighted by atomic mass is 16.2. The number of carbonyl (C=O) groups is 2. The minimum atomic E-state index is -0.592. The lowest BCUT2D eigenvalue weighted by Gasteiger charge is -2.43. The fourth-order valence-electron chi connectivity index (χ4n) is 4.52. The van der Waals surface area contributed by atoms with Crippen LogP contribution in [0.2, 0.25) is 0 Å². The molecule has 4 nitrogen and oxygen atoms in total. The monoisotopic (exact) mass is 292 g/mol. The van der Waals surface area contributed by atoms with Crippen LogP contribution in [-0.2, 0) is 9.59 Å². The van der Waals surface area contributed by atoms with Crippen LogP contribution in [-0.4, -0.2) is 23.4 Å². The molecule has 0 radical (unpaired) electrons. The molecule has 1 heterocycles. The summed E-state index contributed by atoms with van der Waals surface area (Å²) in [5.41, 5.74) is -0.592. The summed E-state index contributed by atoms with van der Waals surface area (Å²) in [6.45, 7) is 2.29. The standard InChI is InChI=1S/C17H28N2O2/c1-12-6-5-7-13(10-12)11-14-15(20)19-17(16(21)18-14)8-3-2-4-9-17/h12-14H,2-11H2,1H3,(H,18,21)(H,19,20). The van der Waals surface area contributed by atoms with E-state index in [0.717, 1.165) is 38.0 Å². The number of piperazine rings is 1. The van der Waals surface area contributed by atoms with Crippen LogP contribution < -0.4 is 10.6 Å². The number of nitrogens with one attached hydrogen (secondary N) is 2. The third-order valence-corrected chi connectivity index (χ3v) is 5.74. The van der Waals surface area contributed by atoms with Gasteiger partial charge in [0.25, 0.3) is 0 Å². The molecule has 118 valence electrons. The average Bonchev–Trinajstić information content (AvgIpc) is 2.46. The minimum Gasteiger partial charge on any atom is -0.342 e. The molecule has 3 atom stereocenters. The van der Waals surface area contributed by atoms with Gasteiger partial charge in [0.2, 0.25) is 11.8 Å². The van der Waals surface area contributed by atoms with Gasteiger partial charge >= 0.3 is 0 Å². The summed E-state index contributed by atoms with van der Waals surface area (Å²) in [6, 6.07) is -0.305. The fraction of sp³-hybridized carbons (Fsp3) is 0.882. The summed E-state index contributed by atoms with van der Waals surface area (Å²) in [4.78, 5) is 24.9. The molecule has 0 aromatic heterocycles. The lowest BCUT2D eigenvalue weighted by atomic mass is 9.76. The quantitative estimate of drug-likeness (QED) is 0.821. The van der Waals surface area contributed by atoms with E-state index in [1.807, 2.05) is 0 Å². The molecule has 1 aliphatic heterocycles. The van der Waals surface area contributed by atoms with Crippen LogP contribution in [0.5, 0.6) is 0 Å². The van der Waals surface area contributed by atoms with Crippen molar-refractivity contribution in [3.05, 3.63) is 0 Å². The molecule has 3 fully saturated rings. The summed E-state index contributed by atoms with van der Waals surface area (Å²) in [5.74, 6) is 1.46. The van der Waals surface area contributed by atoms with E-state index in [4.69, 9.17) is 0 Å². The average molecular weight is 292 g/mol. The van der Waals surface area contributed by atoms with Gasteiger partial charge in [0.05, 0.1) is 0 Å². The van der Waals surface area contributed by atoms with Crippen molar-refractivity contribution in [3.8, 4) is 0 Å². The Balaban J connectivity index is 1.61. The van der Waals surface area contributed by atoms with Crippen molar-refractivity contribution in [1.82, 2.24) is 10.6 Å². The van der Waals surface area contributed by atoms with Crippen LogP contribution in [0.25, 0.3) is 0 Å². The summed E-state index contributed by atoms with van der Waals surface area (Å²) in [7, 11) is 0. The molecular formula is C17H28N2O2. The molecule has 0 aromatic rings. The minimum absolute atomic E-state index is 0.0507. The summed E-state index contributed by atoms with van der Waals surface area (Å²) in [6.07, 6.45) is 10.7. The first-order valence-electron chi connectivity index (χ1n) is 8.72. The zero-order valence-corrected chi connectivity index (χ0v) is 13.1. The van der Waals surface area contributed by atoms with Gasteiger partial charge in [-0.05, 0) is 37.5 Å². The predicted octanol–water partition coefficient (Wildman–Crippen LogP) is 2.52. The normalized spacial score (nSPS) is 36.1. The first kappa shape index (κ1) is 14.9. The van der Waals surface area contributed by atoms with E-state index in [-0.39, 0.29) is 17.9 Å². The predicted molar refractivity (Wildman–Crippen MR) is 81.6 cm³/mol. The lowest BCUT2D eigenvalue weighted by Crippen LogP contribution is -2.70. The van der Waals surface area contributed by atoms with Gasteiger partial charge in [-0.1, -0.05) is 45.4 Å². The third kappa shape index (κ3) is 3.09. The molecule has 0 bridgehead atoms. The molecule has 2 N–H and O–H groups in total. The number of rotatable bonds is 2. The topological polar surface area (TPSA) is 58.2 Å². The Bertz CT molecular complexity index is 415. The maximum Gasteiger partial charge on any atom is 0.246 e. The van der Waals surface area contributed by atoms with Crippen molar-refractivity contribution in [3.63, 3.8) is 0 Å². The molecule has 2 aliphatic carbocycles. The van der Waals surface area contributed by atoms with Gasteiger partial charge in [-0.3, -0.25) is 9.59 Å². The molecule has 1 saturated heterocycles. The van der Waals surface area contributed by atoms with Crippen LogP contribution in [0.1, 0.15) is 71.1 Å². The molecule has 0 aromatic carbocycles. The van der Waals surface area contributed by atoms with Crippen molar-refractivity contribution in [2.24, 2.45) is 11.8 Å². The van der Waals surface area contributed by atoms with E-state index in [9.17, 15) is 9.59 Å². The number of carbonyl (C=O) groups excluding carboxylic acids is 2. The van der Waals surface area contributed by atoms with Crippen LogP contribution in [0.15, 0.2) is 0 Å². The highest BCUT2D eigenvalue weighted by molar-refractivity contribution is 5.99. The largest absolute Gasteiger partial charge is 0.342 e. The van der Waals surface area contributed by atoms with Crippen LogP contribution in [0.4, 0.5) is 0 Å². The van der Waals surface area contributed by atoms with Gasteiger partial charge < -0.3 is 10.6 Å². The highest BCUT2D eigenvalue weighted by Crippen LogP contribution is 2.34. The Labute approximate surface area is 127 Å².